The van der Waals surface area contributed by atoms with Gasteiger partial charge in [0.15, 0.2) is 0 Å². The lowest BCUT2D eigenvalue weighted by atomic mass is 10.1. The minimum absolute atomic E-state index is 0.0779. The van der Waals surface area contributed by atoms with Crippen molar-refractivity contribution in [3.8, 4) is 11.3 Å². The maximum Gasteiger partial charge on any atom is 0.269 e. The van der Waals surface area contributed by atoms with E-state index in [1.54, 1.807) is 12.1 Å². The van der Waals surface area contributed by atoms with Crippen molar-refractivity contribution >= 4 is 5.69 Å². The molecule has 18 heavy (non-hydrogen) atoms. The minimum atomic E-state index is -0.416. The van der Waals surface area contributed by atoms with Crippen LogP contribution < -0.4 is 5.32 Å². The van der Waals surface area contributed by atoms with E-state index in [1.165, 1.54) is 12.1 Å². The molecular weight excluding hydrogens is 232 g/mol. The average molecular weight is 246 g/mol. The predicted octanol–water partition coefficient (Wildman–Crippen LogP) is 3.14. The highest BCUT2D eigenvalue weighted by atomic mass is 16.6. The molecule has 94 valence electrons. The Labute approximate surface area is 105 Å². The molecule has 2 aromatic rings. The van der Waals surface area contributed by atoms with Gasteiger partial charge in [0.2, 0.25) is 0 Å². The third kappa shape index (κ3) is 2.41. The Morgan fingerprint density at radius 3 is 2.44 bits per heavy atom. The van der Waals surface area contributed by atoms with Gasteiger partial charge in [-0.1, -0.05) is 0 Å². The first-order valence-corrected chi connectivity index (χ1v) is 5.63. The quantitative estimate of drug-likeness (QED) is 0.664. The topological polar surface area (TPSA) is 68.3 Å². The number of nitrogens with one attached hydrogen (secondary N) is 1. The first-order valence-electron chi connectivity index (χ1n) is 5.63. The number of nitrogens with zero attached hydrogens (tertiary/aromatic N) is 1. The Balaban J connectivity index is 2.26. The van der Waals surface area contributed by atoms with Gasteiger partial charge >= 0.3 is 0 Å². The summed E-state index contributed by atoms with van der Waals surface area (Å²) in [7, 11) is 1.86. The molecule has 0 aliphatic rings. The summed E-state index contributed by atoms with van der Waals surface area (Å²) in [5.74, 6) is 1.55. The molecule has 0 fully saturated rings. The van der Waals surface area contributed by atoms with Crippen molar-refractivity contribution in [3.63, 3.8) is 0 Å². The van der Waals surface area contributed by atoms with E-state index in [2.05, 4.69) is 5.32 Å². The zero-order valence-corrected chi connectivity index (χ0v) is 10.2. The van der Waals surface area contributed by atoms with E-state index in [0.717, 1.165) is 11.3 Å². The van der Waals surface area contributed by atoms with Crippen LogP contribution in [0.5, 0.6) is 0 Å². The fourth-order valence-corrected chi connectivity index (χ4v) is 1.63. The number of hydrogen-bond acceptors (Lipinski definition) is 4. The van der Waals surface area contributed by atoms with Crippen molar-refractivity contribution < 1.29 is 9.34 Å². The fourth-order valence-electron chi connectivity index (χ4n) is 1.63. The number of benzene rings is 1. The van der Waals surface area contributed by atoms with Crippen molar-refractivity contribution in [1.82, 2.24) is 5.32 Å². The van der Waals surface area contributed by atoms with Crippen LogP contribution in [0.25, 0.3) is 11.3 Å². The van der Waals surface area contributed by atoms with Gasteiger partial charge in [-0.15, -0.1) is 0 Å². The maximum atomic E-state index is 10.6. The molecule has 0 amide bonds. The Kier molecular flexibility index (Phi) is 3.43. The number of rotatable bonds is 4. The highest BCUT2D eigenvalue weighted by Gasteiger charge is 2.11. The van der Waals surface area contributed by atoms with Crippen LogP contribution in [0.4, 0.5) is 5.69 Å². The molecule has 0 saturated carbocycles. The standard InChI is InChI=1S/C13H14N2O3/c1-9(14-2)12-7-8-13(18-12)10-3-5-11(6-4-10)15(16)17/h3-9,14H,1-2H3. The summed E-state index contributed by atoms with van der Waals surface area (Å²) >= 11 is 0. The van der Waals surface area contributed by atoms with Crippen LogP contribution in [0.1, 0.15) is 18.7 Å². The van der Waals surface area contributed by atoms with Gasteiger partial charge < -0.3 is 9.73 Å². The molecule has 1 aromatic carbocycles. The van der Waals surface area contributed by atoms with Crippen LogP contribution in [0.3, 0.4) is 0 Å². The smallest absolute Gasteiger partial charge is 0.269 e. The SMILES string of the molecule is CNC(C)c1ccc(-c2ccc([N+](=O)[O-])cc2)o1. The minimum Gasteiger partial charge on any atom is -0.459 e. The summed E-state index contributed by atoms with van der Waals surface area (Å²) in [5, 5.41) is 13.6. The van der Waals surface area contributed by atoms with Crippen molar-refractivity contribution in [3.05, 3.63) is 52.3 Å². The Morgan fingerprint density at radius 2 is 1.89 bits per heavy atom. The van der Waals surface area contributed by atoms with Gasteiger partial charge in [-0.3, -0.25) is 10.1 Å². The lowest BCUT2D eigenvalue weighted by Gasteiger charge is -2.05. The van der Waals surface area contributed by atoms with Gasteiger partial charge in [-0.05, 0) is 38.2 Å². The number of furan rings is 1. The number of non-ortho nitro benzene ring substituents is 1. The molecule has 0 bridgehead atoms. The third-order valence-corrected chi connectivity index (χ3v) is 2.85. The first kappa shape index (κ1) is 12.3. The average Bonchev–Trinajstić information content (AvgIpc) is 2.87. The van der Waals surface area contributed by atoms with E-state index in [4.69, 9.17) is 4.42 Å². The number of nitro groups is 1. The predicted molar refractivity (Wildman–Crippen MR) is 68.3 cm³/mol. The molecule has 0 aliphatic carbocycles. The molecule has 0 radical (unpaired) electrons. The molecule has 1 atom stereocenters. The van der Waals surface area contributed by atoms with Gasteiger partial charge in [-0.25, -0.2) is 0 Å². The normalized spacial score (nSPS) is 12.3. The molecule has 0 aliphatic heterocycles. The Morgan fingerprint density at radius 1 is 1.22 bits per heavy atom. The molecule has 0 saturated heterocycles. The molecule has 1 unspecified atom stereocenters. The van der Waals surface area contributed by atoms with Crippen molar-refractivity contribution in [2.24, 2.45) is 0 Å². The van der Waals surface area contributed by atoms with Gasteiger partial charge in [0.25, 0.3) is 5.69 Å². The van der Waals surface area contributed by atoms with Crippen LogP contribution >= 0.6 is 0 Å². The summed E-state index contributed by atoms with van der Waals surface area (Å²) in [6.45, 7) is 2.00. The van der Waals surface area contributed by atoms with E-state index < -0.39 is 4.92 Å². The monoisotopic (exact) mass is 246 g/mol. The molecule has 1 N–H and O–H groups in total. The molecule has 2 rings (SSSR count). The molecule has 0 spiro atoms. The third-order valence-electron chi connectivity index (χ3n) is 2.85. The van der Waals surface area contributed by atoms with Crippen LogP contribution in [-0.4, -0.2) is 12.0 Å². The number of nitro benzene ring substituents is 1. The zero-order chi connectivity index (χ0) is 13.1. The first-order chi connectivity index (χ1) is 8.61. The summed E-state index contributed by atoms with van der Waals surface area (Å²) in [4.78, 5) is 10.1. The van der Waals surface area contributed by atoms with Crippen LogP contribution in [-0.2, 0) is 0 Å². The Hall–Kier alpha value is -2.14. The highest BCUT2D eigenvalue weighted by Crippen LogP contribution is 2.26. The fraction of sp³-hybridized carbons (Fsp3) is 0.231. The van der Waals surface area contributed by atoms with Gasteiger partial charge in [0, 0.05) is 17.7 Å². The molecule has 1 heterocycles. The van der Waals surface area contributed by atoms with Crippen LogP contribution in [0.15, 0.2) is 40.8 Å². The number of hydrogen-bond donors (Lipinski definition) is 1. The summed E-state index contributed by atoms with van der Waals surface area (Å²) in [6.07, 6.45) is 0. The van der Waals surface area contributed by atoms with E-state index >= 15 is 0 Å². The maximum absolute atomic E-state index is 10.6. The molecular formula is C13H14N2O3. The van der Waals surface area contributed by atoms with Gasteiger partial charge in [-0.2, -0.15) is 0 Å². The van der Waals surface area contributed by atoms with Gasteiger partial charge in [0.05, 0.1) is 11.0 Å². The van der Waals surface area contributed by atoms with Crippen LogP contribution in [0.2, 0.25) is 0 Å². The lowest BCUT2D eigenvalue weighted by Crippen LogP contribution is -2.10. The molecule has 5 nitrogen and oxygen atoms in total. The van der Waals surface area contributed by atoms with Gasteiger partial charge in [0.1, 0.15) is 11.5 Å². The lowest BCUT2D eigenvalue weighted by molar-refractivity contribution is -0.384. The Bertz CT molecular complexity index is 546. The summed E-state index contributed by atoms with van der Waals surface area (Å²) < 4.78 is 5.69. The van der Waals surface area contributed by atoms with Crippen molar-refractivity contribution in [1.29, 1.82) is 0 Å². The summed E-state index contributed by atoms with van der Waals surface area (Å²) in [6, 6.07) is 10.2. The van der Waals surface area contributed by atoms with E-state index in [-0.39, 0.29) is 11.7 Å². The van der Waals surface area contributed by atoms with E-state index in [1.807, 2.05) is 26.1 Å². The van der Waals surface area contributed by atoms with Crippen LogP contribution in [0, 0.1) is 10.1 Å². The largest absolute Gasteiger partial charge is 0.459 e. The van der Waals surface area contributed by atoms with E-state index in [9.17, 15) is 10.1 Å². The highest BCUT2D eigenvalue weighted by molar-refractivity contribution is 5.59. The molecule has 1 aromatic heterocycles. The summed E-state index contributed by atoms with van der Waals surface area (Å²) in [5.41, 5.74) is 0.907. The second-order valence-corrected chi connectivity index (χ2v) is 4.02. The van der Waals surface area contributed by atoms with Crippen molar-refractivity contribution in [2.75, 3.05) is 7.05 Å². The van der Waals surface area contributed by atoms with E-state index in [0.29, 0.717) is 5.76 Å². The zero-order valence-electron chi connectivity index (χ0n) is 10.2. The van der Waals surface area contributed by atoms with Crippen molar-refractivity contribution in [2.45, 2.75) is 13.0 Å². The molecule has 5 heteroatoms. The second kappa shape index (κ2) is 5.01. The second-order valence-electron chi connectivity index (χ2n) is 4.02.